The van der Waals surface area contributed by atoms with Crippen molar-refractivity contribution < 1.29 is 9.18 Å². The predicted molar refractivity (Wildman–Crippen MR) is 65.6 cm³/mol. The molecule has 0 radical (unpaired) electrons. The lowest BCUT2D eigenvalue weighted by Crippen LogP contribution is -2.25. The van der Waals surface area contributed by atoms with Crippen molar-refractivity contribution in [1.29, 1.82) is 0 Å². The van der Waals surface area contributed by atoms with Crippen molar-refractivity contribution in [2.24, 2.45) is 7.05 Å². The van der Waals surface area contributed by atoms with Gasteiger partial charge in [-0.05, 0) is 18.1 Å². The number of hydrogen-bond donors (Lipinski definition) is 1. The summed E-state index contributed by atoms with van der Waals surface area (Å²) in [6.07, 6.45) is 3.61. The summed E-state index contributed by atoms with van der Waals surface area (Å²) in [4.78, 5) is 11.7. The number of rotatable bonds is 4. The average Bonchev–Trinajstić information content (AvgIpc) is 2.78. The average molecular weight is 247 g/mol. The van der Waals surface area contributed by atoms with Crippen molar-refractivity contribution in [3.8, 4) is 0 Å². The third-order valence-electron chi connectivity index (χ3n) is 2.60. The maximum Gasteiger partial charge on any atom is 0.254 e. The van der Waals surface area contributed by atoms with Crippen molar-refractivity contribution in [2.45, 2.75) is 6.42 Å². The van der Waals surface area contributed by atoms with Gasteiger partial charge in [-0.1, -0.05) is 18.2 Å². The number of aromatic nitrogens is 2. The molecule has 5 heteroatoms. The molecule has 1 heterocycles. The van der Waals surface area contributed by atoms with Gasteiger partial charge in [-0.3, -0.25) is 9.48 Å². The van der Waals surface area contributed by atoms with E-state index in [4.69, 9.17) is 0 Å². The summed E-state index contributed by atoms with van der Waals surface area (Å²) in [5.74, 6) is -0.437. The first kappa shape index (κ1) is 12.3. The Morgan fingerprint density at radius 2 is 2.22 bits per heavy atom. The molecule has 1 aromatic carbocycles. The van der Waals surface area contributed by atoms with E-state index in [9.17, 15) is 9.18 Å². The number of nitrogens with one attached hydrogen (secondary N) is 1. The summed E-state index contributed by atoms with van der Waals surface area (Å²) in [7, 11) is 1.75. The van der Waals surface area contributed by atoms with Crippen LogP contribution in [-0.2, 0) is 13.5 Å². The van der Waals surface area contributed by atoms with Crippen molar-refractivity contribution in [3.63, 3.8) is 0 Å². The smallest absolute Gasteiger partial charge is 0.254 e. The molecule has 0 saturated carbocycles. The monoisotopic (exact) mass is 247 g/mol. The molecule has 2 aromatic rings. The Morgan fingerprint density at radius 3 is 2.89 bits per heavy atom. The number of carbonyl (C=O) groups excluding carboxylic acids is 1. The van der Waals surface area contributed by atoms with E-state index in [-0.39, 0.29) is 11.7 Å². The van der Waals surface area contributed by atoms with Gasteiger partial charge in [-0.25, -0.2) is 4.39 Å². The van der Waals surface area contributed by atoms with E-state index in [1.54, 1.807) is 36.1 Å². The highest BCUT2D eigenvalue weighted by atomic mass is 19.1. The highest BCUT2D eigenvalue weighted by Crippen LogP contribution is 2.06. The molecular formula is C13H14FN3O. The van der Waals surface area contributed by atoms with Gasteiger partial charge in [0.1, 0.15) is 5.82 Å². The summed E-state index contributed by atoms with van der Waals surface area (Å²) >= 11 is 0. The fourth-order valence-corrected chi connectivity index (χ4v) is 1.65. The summed E-state index contributed by atoms with van der Waals surface area (Å²) in [6, 6.07) is 6.55. The first-order valence-corrected chi connectivity index (χ1v) is 5.67. The first-order valence-electron chi connectivity index (χ1n) is 5.67. The highest BCUT2D eigenvalue weighted by molar-refractivity contribution is 5.93. The Bertz CT molecular complexity index is 551. The number of hydrogen-bond acceptors (Lipinski definition) is 2. The van der Waals surface area contributed by atoms with Crippen molar-refractivity contribution in [3.05, 3.63) is 53.6 Å². The maximum atomic E-state index is 13.3. The summed E-state index contributed by atoms with van der Waals surface area (Å²) < 4.78 is 14.9. The third-order valence-corrected chi connectivity index (χ3v) is 2.60. The van der Waals surface area contributed by atoms with Gasteiger partial charge in [0, 0.05) is 19.8 Å². The zero-order valence-electron chi connectivity index (χ0n) is 10.1. The Hall–Kier alpha value is -2.17. The number of amides is 1. The zero-order chi connectivity index (χ0) is 13.0. The predicted octanol–water partition coefficient (Wildman–Crippen LogP) is 1.53. The molecule has 0 aliphatic heterocycles. The quantitative estimate of drug-likeness (QED) is 0.890. The van der Waals surface area contributed by atoms with E-state index < -0.39 is 0 Å². The van der Waals surface area contributed by atoms with Crippen LogP contribution in [0.4, 0.5) is 4.39 Å². The lowest BCUT2D eigenvalue weighted by atomic mass is 10.1. The first-order chi connectivity index (χ1) is 8.66. The molecule has 0 fully saturated rings. The fraction of sp³-hybridized carbons (Fsp3) is 0.231. The van der Waals surface area contributed by atoms with Gasteiger partial charge in [0.15, 0.2) is 0 Å². The van der Waals surface area contributed by atoms with Crippen LogP contribution in [0, 0.1) is 5.82 Å². The summed E-state index contributed by atoms with van der Waals surface area (Å²) in [5, 5.41) is 6.64. The van der Waals surface area contributed by atoms with Crippen LogP contribution in [0.2, 0.25) is 0 Å². The lowest BCUT2D eigenvalue weighted by molar-refractivity contribution is 0.0954. The van der Waals surface area contributed by atoms with Gasteiger partial charge in [0.2, 0.25) is 0 Å². The molecule has 0 aliphatic rings. The Labute approximate surface area is 104 Å². The van der Waals surface area contributed by atoms with Crippen LogP contribution in [0.5, 0.6) is 0 Å². The van der Waals surface area contributed by atoms with Gasteiger partial charge in [0.25, 0.3) is 5.91 Å². The van der Waals surface area contributed by atoms with Crippen LogP contribution in [0.25, 0.3) is 0 Å². The van der Waals surface area contributed by atoms with Crippen LogP contribution in [-0.4, -0.2) is 22.2 Å². The van der Waals surface area contributed by atoms with Gasteiger partial charge >= 0.3 is 0 Å². The zero-order valence-corrected chi connectivity index (χ0v) is 10.1. The van der Waals surface area contributed by atoms with E-state index in [0.717, 1.165) is 0 Å². The second kappa shape index (κ2) is 5.44. The van der Waals surface area contributed by atoms with Crippen LogP contribution in [0.3, 0.4) is 0 Å². The number of aryl methyl sites for hydroxylation is 1. The minimum atomic E-state index is -0.242. The molecule has 1 aromatic heterocycles. The van der Waals surface area contributed by atoms with E-state index in [1.165, 1.54) is 12.3 Å². The second-order valence-electron chi connectivity index (χ2n) is 4.00. The van der Waals surface area contributed by atoms with Crippen LogP contribution in [0.15, 0.2) is 36.7 Å². The third kappa shape index (κ3) is 2.94. The molecule has 94 valence electrons. The van der Waals surface area contributed by atoms with Crippen molar-refractivity contribution >= 4 is 5.91 Å². The minimum Gasteiger partial charge on any atom is -0.352 e. The molecule has 4 nitrogen and oxygen atoms in total. The normalized spacial score (nSPS) is 10.3. The Balaban J connectivity index is 1.86. The molecule has 1 N–H and O–H groups in total. The molecule has 18 heavy (non-hydrogen) atoms. The van der Waals surface area contributed by atoms with Crippen molar-refractivity contribution in [1.82, 2.24) is 15.1 Å². The number of benzene rings is 1. The lowest BCUT2D eigenvalue weighted by Gasteiger charge is -2.04. The van der Waals surface area contributed by atoms with Crippen LogP contribution in [0.1, 0.15) is 15.9 Å². The van der Waals surface area contributed by atoms with Gasteiger partial charge in [0.05, 0.1) is 11.8 Å². The molecule has 0 unspecified atom stereocenters. The molecular weight excluding hydrogens is 233 g/mol. The summed E-state index contributed by atoms with van der Waals surface area (Å²) in [6.45, 7) is 0.397. The number of carbonyl (C=O) groups is 1. The summed E-state index contributed by atoms with van der Waals surface area (Å²) in [5.41, 5.74) is 1.11. The largest absolute Gasteiger partial charge is 0.352 e. The number of nitrogens with zero attached hydrogens (tertiary/aromatic N) is 2. The molecule has 2 rings (SSSR count). The van der Waals surface area contributed by atoms with E-state index in [0.29, 0.717) is 24.1 Å². The topological polar surface area (TPSA) is 46.9 Å². The van der Waals surface area contributed by atoms with Gasteiger partial charge < -0.3 is 5.32 Å². The minimum absolute atomic E-state index is 0.195. The fourth-order valence-electron chi connectivity index (χ4n) is 1.65. The molecule has 0 aliphatic carbocycles. The Morgan fingerprint density at radius 1 is 1.44 bits per heavy atom. The van der Waals surface area contributed by atoms with E-state index >= 15 is 0 Å². The molecule has 0 spiro atoms. The number of halogens is 1. The molecule has 0 saturated heterocycles. The molecule has 0 atom stereocenters. The Kier molecular flexibility index (Phi) is 3.72. The van der Waals surface area contributed by atoms with Crippen LogP contribution < -0.4 is 5.32 Å². The van der Waals surface area contributed by atoms with E-state index in [2.05, 4.69) is 10.4 Å². The standard InChI is InChI=1S/C13H14FN3O/c1-17-9-11(8-16-17)13(18)15-7-6-10-4-2-3-5-12(10)14/h2-5,8-9H,6-7H2,1H3,(H,15,18). The highest BCUT2D eigenvalue weighted by Gasteiger charge is 2.07. The van der Waals surface area contributed by atoms with Crippen LogP contribution >= 0.6 is 0 Å². The SMILES string of the molecule is Cn1cc(C(=O)NCCc2ccccc2F)cn1. The molecule has 1 amide bonds. The van der Waals surface area contributed by atoms with Gasteiger partial charge in [-0.15, -0.1) is 0 Å². The molecule has 0 bridgehead atoms. The van der Waals surface area contributed by atoms with Crippen molar-refractivity contribution in [2.75, 3.05) is 6.54 Å². The van der Waals surface area contributed by atoms with E-state index in [1.807, 2.05) is 0 Å². The second-order valence-corrected chi connectivity index (χ2v) is 4.00. The maximum absolute atomic E-state index is 13.3. The van der Waals surface area contributed by atoms with Gasteiger partial charge in [-0.2, -0.15) is 5.10 Å².